The van der Waals surface area contributed by atoms with E-state index in [1.807, 2.05) is 6.92 Å². The van der Waals surface area contributed by atoms with Gasteiger partial charge in [0.05, 0.1) is 11.0 Å². The van der Waals surface area contributed by atoms with Crippen molar-refractivity contribution in [2.45, 2.75) is 13.8 Å². The molecule has 14 heavy (non-hydrogen) atoms. The highest BCUT2D eigenvalue weighted by Crippen LogP contribution is 1.89. The number of aromatic amines is 1. The van der Waals surface area contributed by atoms with Crippen LogP contribution < -0.4 is 16.3 Å². The second kappa shape index (κ2) is 3.91. The topological polar surface area (TPSA) is 71.8 Å². The molecular weight excluding hydrogens is 178 g/mol. The van der Waals surface area contributed by atoms with Crippen molar-refractivity contribution in [2.24, 2.45) is 5.73 Å². The van der Waals surface area contributed by atoms with E-state index >= 15 is 0 Å². The summed E-state index contributed by atoms with van der Waals surface area (Å²) in [5.41, 5.74) is 6.42. The second-order valence-corrected chi connectivity index (χ2v) is 3.08. The maximum absolute atomic E-state index is 10.7. The Morgan fingerprint density at radius 3 is 2.71 bits per heavy atom. The molecule has 1 heterocycles. The van der Waals surface area contributed by atoms with Gasteiger partial charge in [0.15, 0.2) is 0 Å². The largest absolute Gasteiger partial charge is 0.366 e. The van der Waals surface area contributed by atoms with Gasteiger partial charge in [-0.2, -0.15) is 5.10 Å². The van der Waals surface area contributed by atoms with Crippen LogP contribution in [-0.2, 0) is 4.79 Å². The first kappa shape index (κ1) is 10.2. The summed E-state index contributed by atoms with van der Waals surface area (Å²) in [7, 11) is 0. The first-order valence-electron chi connectivity index (χ1n) is 4.20. The zero-order chi connectivity index (χ0) is 10.7. The van der Waals surface area contributed by atoms with Crippen LogP contribution in [0.3, 0.4) is 0 Å². The van der Waals surface area contributed by atoms with Crippen LogP contribution in [0.5, 0.6) is 0 Å². The zero-order valence-corrected chi connectivity index (χ0v) is 8.29. The van der Waals surface area contributed by atoms with Crippen molar-refractivity contribution in [1.82, 2.24) is 10.2 Å². The Balaban J connectivity index is 3.13. The van der Waals surface area contributed by atoms with Crippen LogP contribution in [0, 0.1) is 6.92 Å². The van der Waals surface area contributed by atoms with Crippen LogP contribution in [-0.4, -0.2) is 16.1 Å². The van der Waals surface area contributed by atoms with Gasteiger partial charge in [-0.05, 0) is 19.9 Å². The van der Waals surface area contributed by atoms with Gasteiger partial charge in [-0.25, -0.2) is 0 Å². The normalized spacial score (nSPS) is 13.3. The molecule has 1 aromatic heterocycles. The van der Waals surface area contributed by atoms with E-state index < -0.39 is 5.91 Å². The number of aromatic nitrogens is 2. The van der Waals surface area contributed by atoms with E-state index in [2.05, 4.69) is 16.8 Å². The van der Waals surface area contributed by atoms with Crippen LogP contribution in [0.15, 0.2) is 11.6 Å². The number of aryl methyl sites for hydroxylation is 1. The molecule has 0 bridgehead atoms. The number of amides is 1. The van der Waals surface area contributed by atoms with E-state index in [-0.39, 0.29) is 0 Å². The Labute approximate surface area is 81.8 Å². The molecule has 0 aliphatic rings. The fraction of sp³-hybridized carbons (Fsp3) is 0.200. The third-order valence-corrected chi connectivity index (χ3v) is 1.99. The molecule has 0 radical (unpaired) electrons. The summed E-state index contributed by atoms with van der Waals surface area (Å²) in [5.74, 6) is -0.428. The number of allylic oxidation sites excluding steroid dienone is 1. The Morgan fingerprint density at radius 1 is 1.64 bits per heavy atom. The molecule has 0 atom stereocenters. The summed E-state index contributed by atoms with van der Waals surface area (Å²) < 4.78 is 0. The molecular formula is C10H13N3O. The molecule has 74 valence electrons. The Bertz CT molecular complexity index is 482. The van der Waals surface area contributed by atoms with Crippen molar-refractivity contribution < 1.29 is 4.79 Å². The maximum Gasteiger partial charge on any atom is 0.244 e. The van der Waals surface area contributed by atoms with E-state index in [1.54, 1.807) is 19.1 Å². The summed E-state index contributed by atoms with van der Waals surface area (Å²) in [5, 5.41) is 8.40. The number of H-pyrrole nitrogens is 1. The minimum Gasteiger partial charge on any atom is -0.366 e. The van der Waals surface area contributed by atoms with Gasteiger partial charge in [-0.3, -0.25) is 9.89 Å². The minimum atomic E-state index is -0.428. The predicted octanol–water partition coefficient (Wildman–Crippen LogP) is -0.659. The van der Waals surface area contributed by atoms with Crippen molar-refractivity contribution in [1.29, 1.82) is 0 Å². The molecule has 0 unspecified atom stereocenters. The lowest BCUT2D eigenvalue weighted by atomic mass is 10.2. The van der Waals surface area contributed by atoms with E-state index in [9.17, 15) is 4.79 Å². The number of nitrogens with zero attached hydrogens (tertiary/aromatic N) is 1. The van der Waals surface area contributed by atoms with Gasteiger partial charge in [0.1, 0.15) is 0 Å². The number of carbonyl (C=O) groups is 1. The Kier molecular flexibility index (Phi) is 2.86. The molecule has 0 saturated heterocycles. The van der Waals surface area contributed by atoms with Crippen LogP contribution in [0.1, 0.15) is 12.6 Å². The summed E-state index contributed by atoms with van der Waals surface area (Å²) in [6.45, 7) is 7.35. The van der Waals surface area contributed by atoms with Crippen molar-refractivity contribution >= 4 is 18.6 Å². The fourth-order valence-electron chi connectivity index (χ4n) is 0.902. The van der Waals surface area contributed by atoms with Gasteiger partial charge in [-0.1, -0.05) is 12.7 Å². The van der Waals surface area contributed by atoms with Crippen LogP contribution in [0.4, 0.5) is 0 Å². The number of nitrogens with two attached hydrogens (primary N) is 1. The molecule has 4 heteroatoms. The Hall–Kier alpha value is -1.84. The number of rotatable bonds is 2. The monoisotopic (exact) mass is 191 g/mol. The van der Waals surface area contributed by atoms with Gasteiger partial charge < -0.3 is 5.73 Å². The smallest absolute Gasteiger partial charge is 0.244 e. The van der Waals surface area contributed by atoms with E-state index in [1.165, 1.54) is 0 Å². The van der Waals surface area contributed by atoms with Gasteiger partial charge in [0.25, 0.3) is 0 Å². The molecule has 1 aromatic rings. The highest BCUT2D eigenvalue weighted by molar-refractivity contribution is 5.92. The molecule has 0 aliphatic heterocycles. The highest BCUT2D eigenvalue weighted by Gasteiger charge is 1.94. The first-order valence-corrected chi connectivity index (χ1v) is 4.20. The van der Waals surface area contributed by atoms with E-state index in [0.29, 0.717) is 5.57 Å². The van der Waals surface area contributed by atoms with Crippen LogP contribution >= 0.6 is 0 Å². The average Bonchev–Trinajstić information content (AvgIpc) is 2.44. The quantitative estimate of drug-likeness (QED) is 0.609. The maximum atomic E-state index is 10.7. The predicted molar refractivity (Wildman–Crippen MR) is 55.5 cm³/mol. The Morgan fingerprint density at radius 2 is 2.29 bits per heavy atom. The van der Waals surface area contributed by atoms with Crippen molar-refractivity contribution in [2.75, 3.05) is 0 Å². The van der Waals surface area contributed by atoms with Gasteiger partial charge in [0, 0.05) is 10.8 Å². The van der Waals surface area contributed by atoms with E-state index in [4.69, 9.17) is 5.73 Å². The van der Waals surface area contributed by atoms with Crippen molar-refractivity contribution in [3.63, 3.8) is 0 Å². The minimum absolute atomic E-state index is 0.428. The van der Waals surface area contributed by atoms with Crippen LogP contribution in [0.2, 0.25) is 0 Å². The molecule has 4 nitrogen and oxygen atoms in total. The molecule has 0 spiro atoms. The SMILES string of the molecule is C=c1c(C)n[nH]c1=CC=C(C)C(N)=O. The zero-order valence-electron chi connectivity index (χ0n) is 8.29. The molecule has 1 amide bonds. The van der Waals surface area contributed by atoms with Crippen LogP contribution in [0.25, 0.3) is 12.7 Å². The number of hydrogen-bond donors (Lipinski definition) is 2. The number of hydrogen-bond acceptors (Lipinski definition) is 2. The van der Waals surface area contributed by atoms with Gasteiger partial charge in [0.2, 0.25) is 5.91 Å². The molecule has 3 N–H and O–H groups in total. The molecule has 0 fully saturated rings. The van der Waals surface area contributed by atoms with Gasteiger partial charge >= 0.3 is 0 Å². The molecule has 0 saturated carbocycles. The molecule has 0 aromatic carbocycles. The third kappa shape index (κ3) is 2.10. The summed E-state index contributed by atoms with van der Waals surface area (Å²) in [4.78, 5) is 10.7. The fourth-order valence-corrected chi connectivity index (χ4v) is 0.902. The third-order valence-electron chi connectivity index (χ3n) is 1.99. The second-order valence-electron chi connectivity index (χ2n) is 3.08. The standard InChI is InChI=1S/C10H13N3O/c1-6(10(11)14)4-5-9-7(2)8(3)12-13-9/h4-5,13H,2H2,1,3H3,(H2,11,14). The average molecular weight is 191 g/mol. The highest BCUT2D eigenvalue weighted by atomic mass is 16.1. The number of primary amides is 1. The molecule has 1 rings (SSSR count). The van der Waals surface area contributed by atoms with Crippen molar-refractivity contribution in [3.05, 3.63) is 27.9 Å². The number of nitrogens with one attached hydrogen (secondary N) is 1. The van der Waals surface area contributed by atoms with Gasteiger partial charge in [-0.15, -0.1) is 0 Å². The lowest BCUT2D eigenvalue weighted by molar-refractivity contribution is -0.114. The molecule has 0 aliphatic carbocycles. The lowest BCUT2D eigenvalue weighted by Crippen LogP contribution is -2.22. The number of carbonyl (C=O) groups excluding carboxylic acids is 1. The van der Waals surface area contributed by atoms with E-state index in [0.717, 1.165) is 16.3 Å². The first-order chi connectivity index (χ1) is 6.52. The van der Waals surface area contributed by atoms with Crippen molar-refractivity contribution in [3.8, 4) is 0 Å². The summed E-state index contributed by atoms with van der Waals surface area (Å²) >= 11 is 0. The summed E-state index contributed by atoms with van der Waals surface area (Å²) in [6.07, 6.45) is 3.38. The lowest BCUT2D eigenvalue weighted by Gasteiger charge is -1.87. The summed E-state index contributed by atoms with van der Waals surface area (Å²) in [6, 6.07) is 0.